The molecule has 2 atom stereocenters. The zero-order valence-electron chi connectivity index (χ0n) is 13.5. The van der Waals surface area contributed by atoms with Crippen LogP contribution in [-0.2, 0) is 10.2 Å². The van der Waals surface area contributed by atoms with Crippen LogP contribution in [0.5, 0.6) is 0 Å². The molecular weight excluding hydrogens is 274 g/mol. The molecule has 0 aromatic rings. The number of allylic oxidation sites excluding steroid dienone is 1. The van der Waals surface area contributed by atoms with E-state index in [9.17, 15) is 8.42 Å². The van der Waals surface area contributed by atoms with E-state index in [-0.39, 0.29) is 6.04 Å². The molecule has 0 amide bonds. The van der Waals surface area contributed by atoms with Crippen molar-refractivity contribution in [2.45, 2.75) is 33.7 Å². The maximum Gasteiger partial charge on any atom is 0.279 e. The van der Waals surface area contributed by atoms with Gasteiger partial charge in [-0.2, -0.15) is 17.4 Å². The van der Waals surface area contributed by atoms with Crippen LogP contribution >= 0.6 is 0 Å². The van der Waals surface area contributed by atoms with Crippen LogP contribution in [0, 0.1) is 11.8 Å². The van der Waals surface area contributed by atoms with Crippen molar-refractivity contribution in [3.63, 3.8) is 0 Å². The molecule has 1 rings (SSSR count). The van der Waals surface area contributed by atoms with Gasteiger partial charge in [0.2, 0.25) is 0 Å². The van der Waals surface area contributed by atoms with Crippen molar-refractivity contribution in [3.8, 4) is 0 Å². The first-order chi connectivity index (χ1) is 9.17. The van der Waals surface area contributed by atoms with Gasteiger partial charge in [-0.1, -0.05) is 25.5 Å². The Labute approximate surface area is 124 Å². The highest BCUT2D eigenvalue weighted by molar-refractivity contribution is 7.87. The van der Waals surface area contributed by atoms with Crippen LogP contribution in [-0.4, -0.2) is 57.4 Å². The Morgan fingerprint density at radius 1 is 1.40 bits per heavy atom. The van der Waals surface area contributed by atoms with Gasteiger partial charge in [-0.3, -0.25) is 4.90 Å². The Balaban J connectivity index is 2.78. The Kier molecular flexibility index (Phi) is 6.19. The summed E-state index contributed by atoms with van der Waals surface area (Å²) in [6.45, 7) is 11.1. The second-order valence-electron chi connectivity index (χ2n) is 6.25. The average Bonchev–Trinajstić information content (AvgIpc) is 2.70. The van der Waals surface area contributed by atoms with Crippen LogP contribution in [0.3, 0.4) is 0 Å². The summed E-state index contributed by atoms with van der Waals surface area (Å²) in [5, 5.41) is 0. The van der Waals surface area contributed by atoms with Crippen LogP contribution < -0.4 is 4.72 Å². The number of nitrogens with zero attached hydrogens (tertiary/aromatic N) is 2. The number of hydrogen-bond donors (Lipinski definition) is 1. The van der Waals surface area contributed by atoms with E-state index in [1.165, 1.54) is 9.88 Å². The number of hydrogen-bond acceptors (Lipinski definition) is 3. The molecular formula is C14H29N3O2S. The highest BCUT2D eigenvalue weighted by Crippen LogP contribution is 2.25. The fourth-order valence-electron chi connectivity index (χ4n) is 2.58. The second kappa shape index (κ2) is 7.02. The van der Waals surface area contributed by atoms with E-state index in [1.54, 1.807) is 14.1 Å². The minimum atomic E-state index is -3.36. The molecule has 0 aromatic heterocycles. The van der Waals surface area contributed by atoms with E-state index in [2.05, 4.69) is 36.5 Å². The zero-order chi connectivity index (χ0) is 15.5. The lowest BCUT2D eigenvalue weighted by Crippen LogP contribution is -2.46. The molecule has 1 N–H and O–H groups in total. The first kappa shape index (κ1) is 17.6. The van der Waals surface area contributed by atoms with Crippen molar-refractivity contribution in [2.75, 3.05) is 33.7 Å². The largest absolute Gasteiger partial charge is 0.297 e. The summed E-state index contributed by atoms with van der Waals surface area (Å²) in [7, 11) is -0.246. The molecule has 0 aromatic carbocycles. The van der Waals surface area contributed by atoms with Crippen LogP contribution in [0.15, 0.2) is 11.6 Å². The highest BCUT2D eigenvalue weighted by Gasteiger charge is 2.37. The van der Waals surface area contributed by atoms with Gasteiger partial charge in [0.15, 0.2) is 0 Å². The van der Waals surface area contributed by atoms with Crippen molar-refractivity contribution in [1.29, 1.82) is 0 Å². The molecule has 0 bridgehead atoms. The summed E-state index contributed by atoms with van der Waals surface area (Å²) in [6.07, 6.45) is 2.11. The van der Waals surface area contributed by atoms with Gasteiger partial charge in [0.1, 0.15) is 0 Å². The minimum Gasteiger partial charge on any atom is -0.297 e. The molecule has 118 valence electrons. The SMILES string of the molecule is C/C=C(\C)CN1C[C@H](NS(=O)(=O)N(C)C)[C@@H](C(C)C)C1. The predicted octanol–water partition coefficient (Wildman–Crippen LogP) is 1.31. The molecule has 0 radical (unpaired) electrons. The molecule has 1 fully saturated rings. The molecule has 0 unspecified atom stereocenters. The summed E-state index contributed by atoms with van der Waals surface area (Å²) < 4.78 is 28.1. The van der Waals surface area contributed by atoms with Crippen molar-refractivity contribution in [1.82, 2.24) is 13.9 Å². The van der Waals surface area contributed by atoms with Gasteiger partial charge >= 0.3 is 0 Å². The Morgan fingerprint density at radius 3 is 2.45 bits per heavy atom. The molecule has 5 nitrogen and oxygen atoms in total. The Hall–Kier alpha value is -0.430. The van der Waals surface area contributed by atoms with E-state index in [1.807, 2.05) is 6.92 Å². The molecule has 0 spiro atoms. The van der Waals surface area contributed by atoms with Gasteiger partial charge in [0, 0.05) is 39.8 Å². The standard InChI is InChI=1S/C14H29N3O2S/c1-7-12(4)8-17-9-13(11(2)3)14(10-17)15-20(18,19)16(5)6/h7,11,13-15H,8-10H2,1-6H3/b12-7+/t13-,14+/m1/s1. The van der Waals surface area contributed by atoms with Gasteiger partial charge in [-0.05, 0) is 25.7 Å². The van der Waals surface area contributed by atoms with Gasteiger partial charge < -0.3 is 0 Å². The third-order valence-corrected chi connectivity index (χ3v) is 5.61. The second-order valence-corrected chi connectivity index (χ2v) is 8.16. The van der Waals surface area contributed by atoms with Crippen LogP contribution in [0.4, 0.5) is 0 Å². The van der Waals surface area contributed by atoms with E-state index < -0.39 is 10.2 Å². The normalized spacial score (nSPS) is 25.9. The lowest BCUT2D eigenvalue weighted by atomic mass is 9.92. The molecule has 1 aliphatic heterocycles. The van der Waals surface area contributed by atoms with E-state index in [0.717, 1.165) is 19.6 Å². The summed E-state index contributed by atoms with van der Waals surface area (Å²) in [6, 6.07) is -0.00736. The number of likely N-dealkylation sites (tertiary alicyclic amines) is 1. The Bertz CT molecular complexity index is 443. The molecule has 20 heavy (non-hydrogen) atoms. The van der Waals surface area contributed by atoms with E-state index in [4.69, 9.17) is 0 Å². The smallest absolute Gasteiger partial charge is 0.279 e. The zero-order valence-corrected chi connectivity index (χ0v) is 14.4. The molecule has 0 saturated carbocycles. The van der Waals surface area contributed by atoms with Crippen molar-refractivity contribution in [3.05, 3.63) is 11.6 Å². The van der Waals surface area contributed by atoms with Gasteiger partial charge in [-0.25, -0.2) is 0 Å². The molecule has 1 saturated heterocycles. The van der Waals surface area contributed by atoms with E-state index >= 15 is 0 Å². The first-order valence-electron chi connectivity index (χ1n) is 7.21. The van der Waals surface area contributed by atoms with Crippen LogP contribution in [0.1, 0.15) is 27.7 Å². The van der Waals surface area contributed by atoms with Crippen LogP contribution in [0.2, 0.25) is 0 Å². The number of rotatable bonds is 6. The molecule has 1 aliphatic rings. The Morgan fingerprint density at radius 2 is 2.00 bits per heavy atom. The van der Waals surface area contributed by atoms with Crippen molar-refractivity contribution in [2.24, 2.45) is 11.8 Å². The maximum absolute atomic E-state index is 12.0. The fraction of sp³-hybridized carbons (Fsp3) is 0.857. The molecule has 1 heterocycles. The predicted molar refractivity (Wildman–Crippen MR) is 83.7 cm³/mol. The lowest BCUT2D eigenvalue weighted by Gasteiger charge is -2.24. The lowest BCUT2D eigenvalue weighted by molar-refractivity contribution is 0.319. The summed E-state index contributed by atoms with van der Waals surface area (Å²) in [4.78, 5) is 2.34. The summed E-state index contributed by atoms with van der Waals surface area (Å²) in [5.74, 6) is 0.815. The van der Waals surface area contributed by atoms with Crippen LogP contribution in [0.25, 0.3) is 0 Å². The number of nitrogens with one attached hydrogen (secondary N) is 1. The van der Waals surface area contributed by atoms with Gasteiger partial charge in [0.25, 0.3) is 10.2 Å². The molecule has 6 heteroatoms. The topological polar surface area (TPSA) is 52.7 Å². The minimum absolute atomic E-state index is 0.00736. The van der Waals surface area contributed by atoms with Gasteiger partial charge in [-0.15, -0.1) is 0 Å². The van der Waals surface area contributed by atoms with Gasteiger partial charge in [0.05, 0.1) is 0 Å². The third-order valence-electron chi connectivity index (χ3n) is 4.04. The van der Waals surface area contributed by atoms with Crippen molar-refractivity contribution < 1.29 is 8.42 Å². The quantitative estimate of drug-likeness (QED) is 0.753. The summed E-state index contributed by atoms with van der Waals surface area (Å²) >= 11 is 0. The third kappa shape index (κ3) is 4.55. The summed E-state index contributed by atoms with van der Waals surface area (Å²) in [5.41, 5.74) is 1.32. The van der Waals surface area contributed by atoms with E-state index in [0.29, 0.717) is 11.8 Å². The fourth-order valence-corrected chi connectivity index (χ4v) is 3.43. The first-order valence-corrected chi connectivity index (χ1v) is 8.65. The average molecular weight is 303 g/mol. The maximum atomic E-state index is 12.0. The highest BCUT2D eigenvalue weighted by atomic mass is 32.2. The monoisotopic (exact) mass is 303 g/mol. The van der Waals surface area contributed by atoms with Crippen molar-refractivity contribution >= 4 is 10.2 Å². The molecule has 0 aliphatic carbocycles.